The second kappa shape index (κ2) is 4.52. The van der Waals surface area contributed by atoms with E-state index in [0.29, 0.717) is 6.61 Å². The van der Waals surface area contributed by atoms with Crippen molar-refractivity contribution in [2.75, 3.05) is 6.61 Å². The Morgan fingerprint density at radius 3 is 2.45 bits per heavy atom. The van der Waals surface area contributed by atoms with Crippen molar-refractivity contribution >= 4 is 17.2 Å². The molecular formula is C6H9N3OS. The van der Waals surface area contributed by atoms with Gasteiger partial charge in [-0.25, -0.2) is 0 Å². The van der Waals surface area contributed by atoms with E-state index in [2.05, 4.69) is 12.2 Å². The van der Waals surface area contributed by atoms with Gasteiger partial charge in [-0.2, -0.15) is 5.26 Å². The second-order valence-corrected chi connectivity index (χ2v) is 2.09. The fourth-order valence-corrected chi connectivity index (χ4v) is 0.606. The molecule has 0 aliphatic rings. The monoisotopic (exact) mass is 171 g/mol. The van der Waals surface area contributed by atoms with Crippen molar-refractivity contribution in [1.82, 2.24) is 0 Å². The van der Waals surface area contributed by atoms with Crippen LogP contribution in [0.1, 0.15) is 6.92 Å². The van der Waals surface area contributed by atoms with Crippen molar-refractivity contribution < 1.29 is 4.74 Å². The molecule has 0 aromatic heterocycles. The highest BCUT2D eigenvalue weighted by Gasteiger charge is 2.05. The highest BCUT2D eigenvalue weighted by atomic mass is 32.1. The Hall–Kier alpha value is -1.28. The third-order valence-corrected chi connectivity index (χ3v) is 1.11. The van der Waals surface area contributed by atoms with Gasteiger partial charge >= 0.3 is 0 Å². The van der Waals surface area contributed by atoms with Crippen molar-refractivity contribution in [3.63, 3.8) is 0 Å². The zero-order valence-corrected chi connectivity index (χ0v) is 6.94. The van der Waals surface area contributed by atoms with Gasteiger partial charge in [0.1, 0.15) is 16.6 Å². The Morgan fingerprint density at radius 1 is 1.64 bits per heavy atom. The van der Waals surface area contributed by atoms with Gasteiger partial charge in [0.15, 0.2) is 0 Å². The fraction of sp³-hybridized carbons (Fsp3) is 0.333. The van der Waals surface area contributed by atoms with E-state index in [-0.39, 0.29) is 16.4 Å². The Labute approximate surface area is 70.4 Å². The predicted octanol–water partition coefficient (Wildman–Crippen LogP) is 0.00288. The van der Waals surface area contributed by atoms with Crippen molar-refractivity contribution in [3.05, 3.63) is 11.5 Å². The molecule has 0 bridgehead atoms. The average molecular weight is 171 g/mol. The summed E-state index contributed by atoms with van der Waals surface area (Å²) in [5, 5.41) is 8.46. The van der Waals surface area contributed by atoms with E-state index in [1.807, 2.05) is 0 Å². The lowest BCUT2D eigenvalue weighted by Gasteiger charge is -2.03. The lowest BCUT2D eigenvalue weighted by Crippen LogP contribution is -2.17. The Morgan fingerprint density at radius 2 is 2.18 bits per heavy atom. The molecule has 0 atom stereocenters. The van der Waals surface area contributed by atoms with Crippen LogP contribution < -0.4 is 11.5 Å². The maximum atomic E-state index is 8.46. The van der Waals surface area contributed by atoms with E-state index in [1.165, 1.54) is 0 Å². The molecule has 60 valence electrons. The summed E-state index contributed by atoms with van der Waals surface area (Å²) in [7, 11) is 0. The van der Waals surface area contributed by atoms with Crippen LogP contribution in [0.15, 0.2) is 11.5 Å². The number of rotatable bonds is 3. The molecule has 0 rings (SSSR count). The summed E-state index contributed by atoms with van der Waals surface area (Å²) in [5.41, 5.74) is 10.5. The zero-order valence-electron chi connectivity index (χ0n) is 6.13. The SMILES string of the molecule is CCOC(N)=C(C#N)C(N)=S. The van der Waals surface area contributed by atoms with Gasteiger partial charge in [-0.1, -0.05) is 12.2 Å². The number of hydrogen-bond acceptors (Lipinski definition) is 4. The van der Waals surface area contributed by atoms with Gasteiger partial charge in [0.2, 0.25) is 5.88 Å². The Kier molecular flexibility index (Phi) is 4.00. The predicted molar refractivity (Wildman–Crippen MR) is 45.2 cm³/mol. The first-order valence-electron chi connectivity index (χ1n) is 2.95. The molecule has 0 radical (unpaired) electrons. The van der Waals surface area contributed by atoms with Crippen LogP contribution >= 0.6 is 12.2 Å². The molecule has 5 heteroatoms. The summed E-state index contributed by atoms with van der Waals surface area (Å²) >= 11 is 4.54. The highest BCUT2D eigenvalue weighted by Crippen LogP contribution is 1.99. The third-order valence-electron chi connectivity index (χ3n) is 0.904. The number of nitriles is 1. The molecular weight excluding hydrogens is 162 g/mol. The number of nitrogens with zero attached hydrogens (tertiary/aromatic N) is 1. The molecule has 0 aliphatic carbocycles. The van der Waals surface area contributed by atoms with Crippen LogP contribution in [0.5, 0.6) is 0 Å². The number of nitrogens with two attached hydrogens (primary N) is 2. The van der Waals surface area contributed by atoms with Crippen LogP contribution in [0.25, 0.3) is 0 Å². The summed E-state index contributed by atoms with van der Waals surface area (Å²) in [4.78, 5) is -0.0431. The fourth-order valence-electron chi connectivity index (χ4n) is 0.459. The number of ether oxygens (including phenoxy) is 1. The molecule has 0 aromatic rings. The van der Waals surface area contributed by atoms with Gasteiger partial charge in [0.05, 0.1) is 6.61 Å². The quantitative estimate of drug-likeness (QED) is 0.270. The Balaban J connectivity index is 4.58. The first-order valence-corrected chi connectivity index (χ1v) is 3.36. The first kappa shape index (κ1) is 9.72. The maximum absolute atomic E-state index is 8.46. The Bertz CT molecular complexity index is 228. The van der Waals surface area contributed by atoms with Gasteiger partial charge in [-0.3, -0.25) is 0 Å². The van der Waals surface area contributed by atoms with Crippen LogP contribution in [0.3, 0.4) is 0 Å². The van der Waals surface area contributed by atoms with E-state index < -0.39 is 0 Å². The highest BCUT2D eigenvalue weighted by molar-refractivity contribution is 7.80. The first-order chi connectivity index (χ1) is 5.13. The summed E-state index contributed by atoms with van der Waals surface area (Å²) < 4.78 is 4.82. The molecule has 0 saturated heterocycles. The van der Waals surface area contributed by atoms with Gasteiger partial charge in [-0.15, -0.1) is 0 Å². The molecule has 0 amide bonds. The molecule has 0 saturated carbocycles. The third kappa shape index (κ3) is 2.87. The number of hydrogen-bond donors (Lipinski definition) is 2. The van der Waals surface area contributed by atoms with E-state index in [9.17, 15) is 0 Å². The second-order valence-electron chi connectivity index (χ2n) is 1.65. The lowest BCUT2D eigenvalue weighted by molar-refractivity contribution is 0.225. The molecule has 0 fully saturated rings. The molecule has 0 unspecified atom stereocenters. The van der Waals surface area contributed by atoms with Crippen molar-refractivity contribution in [2.45, 2.75) is 6.92 Å². The van der Waals surface area contributed by atoms with E-state index in [1.54, 1.807) is 13.0 Å². The summed E-state index contributed by atoms with van der Waals surface area (Å²) in [5.74, 6) is -0.0116. The smallest absolute Gasteiger partial charge is 0.205 e. The van der Waals surface area contributed by atoms with Crippen molar-refractivity contribution in [3.8, 4) is 6.07 Å². The maximum Gasteiger partial charge on any atom is 0.205 e. The number of thiocarbonyl (C=S) groups is 1. The topological polar surface area (TPSA) is 85.1 Å². The largest absolute Gasteiger partial charge is 0.479 e. The normalized spacial score (nSPS) is 11.3. The van der Waals surface area contributed by atoms with E-state index in [4.69, 9.17) is 21.5 Å². The minimum atomic E-state index is -0.0431. The minimum Gasteiger partial charge on any atom is -0.479 e. The van der Waals surface area contributed by atoms with E-state index >= 15 is 0 Å². The molecule has 11 heavy (non-hydrogen) atoms. The molecule has 0 aromatic carbocycles. The summed E-state index contributed by atoms with van der Waals surface area (Å²) in [6, 6.07) is 1.75. The van der Waals surface area contributed by atoms with Gasteiger partial charge in [0, 0.05) is 0 Å². The zero-order chi connectivity index (χ0) is 8.85. The lowest BCUT2D eigenvalue weighted by atomic mass is 10.3. The molecule has 4 nitrogen and oxygen atoms in total. The average Bonchev–Trinajstić information content (AvgIpc) is 1.88. The standard InChI is InChI=1S/C6H9N3OS/c1-2-10-5(8)4(3-7)6(9)11/h2,8H2,1H3,(H2,9,11). The van der Waals surface area contributed by atoms with Crippen molar-refractivity contribution in [1.29, 1.82) is 5.26 Å². The van der Waals surface area contributed by atoms with Crippen molar-refractivity contribution in [2.24, 2.45) is 11.5 Å². The van der Waals surface area contributed by atoms with Crippen LogP contribution in [-0.4, -0.2) is 11.6 Å². The van der Waals surface area contributed by atoms with Gasteiger partial charge < -0.3 is 16.2 Å². The molecule has 0 heterocycles. The minimum absolute atomic E-state index is 0.0116. The summed E-state index contributed by atoms with van der Waals surface area (Å²) in [6.45, 7) is 2.14. The van der Waals surface area contributed by atoms with Crippen LogP contribution in [-0.2, 0) is 4.74 Å². The summed E-state index contributed by atoms with van der Waals surface area (Å²) in [6.07, 6.45) is 0. The molecule has 0 spiro atoms. The molecule has 4 N–H and O–H groups in total. The van der Waals surface area contributed by atoms with Crippen LogP contribution in [0, 0.1) is 11.3 Å². The van der Waals surface area contributed by atoms with Crippen LogP contribution in [0.2, 0.25) is 0 Å². The van der Waals surface area contributed by atoms with Crippen LogP contribution in [0.4, 0.5) is 0 Å². The van der Waals surface area contributed by atoms with E-state index in [0.717, 1.165) is 0 Å². The van der Waals surface area contributed by atoms with Gasteiger partial charge in [0.25, 0.3) is 0 Å². The molecule has 0 aliphatic heterocycles. The van der Waals surface area contributed by atoms with Gasteiger partial charge in [-0.05, 0) is 6.92 Å².